The maximum atomic E-state index is 12.1. The van der Waals surface area contributed by atoms with Crippen LogP contribution >= 0.6 is 12.4 Å². The van der Waals surface area contributed by atoms with Crippen molar-refractivity contribution in [3.05, 3.63) is 41.5 Å². The van der Waals surface area contributed by atoms with Crippen molar-refractivity contribution in [1.29, 1.82) is 0 Å². The quantitative estimate of drug-likeness (QED) is 0.791. The number of benzene rings is 1. The van der Waals surface area contributed by atoms with E-state index in [1.165, 1.54) is 5.57 Å². The van der Waals surface area contributed by atoms with Gasteiger partial charge in [0.15, 0.2) is 0 Å². The molecule has 1 aliphatic heterocycles. The Labute approximate surface area is 138 Å². The smallest absolute Gasteiger partial charge is 0.251 e. The first-order valence-corrected chi connectivity index (χ1v) is 7.62. The number of hydrogen-bond acceptors (Lipinski definition) is 3. The lowest BCUT2D eigenvalue weighted by atomic mass is 10.1. The normalized spacial score (nSPS) is 15.3. The highest BCUT2D eigenvalue weighted by Gasteiger charge is 2.08. The summed E-state index contributed by atoms with van der Waals surface area (Å²) < 4.78 is 5.71. The second kappa shape index (κ2) is 9.49. The van der Waals surface area contributed by atoms with Gasteiger partial charge in [-0.1, -0.05) is 18.6 Å². The molecule has 0 fully saturated rings. The highest BCUT2D eigenvalue weighted by molar-refractivity contribution is 5.94. The average molecular weight is 325 g/mol. The highest BCUT2D eigenvalue weighted by Crippen LogP contribution is 2.15. The van der Waals surface area contributed by atoms with Crippen LogP contribution in [-0.4, -0.2) is 31.6 Å². The van der Waals surface area contributed by atoms with E-state index in [9.17, 15) is 4.79 Å². The largest absolute Gasteiger partial charge is 0.491 e. The monoisotopic (exact) mass is 324 g/mol. The average Bonchev–Trinajstić information content (AvgIpc) is 2.54. The van der Waals surface area contributed by atoms with Crippen molar-refractivity contribution in [3.63, 3.8) is 0 Å². The van der Waals surface area contributed by atoms with Crippen molar-refractivity contribution < 1.29 is 9.53 Å². The molecule has 1 heterocycles. The summed E-state index contributed by atoms with van der Waals surface area (Å²) >= 11 is 0. The van der Waals surface area contributed by atoms with E-state index in [2.05, 4.69) is 23.6 Å². The molecule has 1 aromatic rings. The van der Waals surface area contributed by atoms with Crippen LogP contribution in [-0.2, 0) is 0 Å². The highest BCUT2D eigenvalue weighted by atomic mass is 35.5. The van der Waals surface area contributed by atoms with Crippen LogP contribution in [0.4, 0.5) is 0 Å². The Hall–Kier alpha value is -1.52. The third-order valence-corrected chi connectivity index (χ3v) is 3.66. The summed E-state index contributed by atoms with van der Waals surface area (Å²) in [5.41, 5.74) is 1.96. The van der Waals surface area contributed by atoms with Crippen LogP contribution in [0.1, 0.15) is 37.0 Å². The van der Waals surface area contributed by atoms with Gasteiger partial charge in [0.1, 0.15) is 5.75 Å². The fourth-order valence-electron chi connectivity index (χ4n) is 2.13. The molecule has 0 aromatic heterocycles. The number of halogens is 1. The van der Waals surface area contributed by atoms with Gasteiger partial charge in [0, 0.05) is 18.7 Å². The van der Waals surface area contributed by atoms with Gasteiger partial charge in [-0.2, -0.15) is 0 Å². The summed E-state index contributed by atoms with van der Waals surface area (Å²) in [7, 11) is 0. The van der Waals surface area contributed by atoms with Crippen LogP contribution in [0, 0.1) is 0 Å². The lowest BCUT2D eigenvalue weighted by Gasteiger charge is -2.15. The molecule has 0 radical (unpaired) electrons. The van der Waals surface area contributed by atoms with E-state index < -0.39 is 0 Å². The third-order valence-electron chi connectivity index (χ3n) is 3.66. The fraction of sp³-hybridized carbons (Fsp3) is 0.471. The molecule has 1 unspecified atom stereocenters. The minimum absolute atomic E-state index is 0. The molecule has 2 N–H and O–H groups in total. The maximum absolute atomic E-state index is 12.1. The first-order valence-electron chi connectivity index (χ1n) is 7.62. The SMILES string of the molecule is CCC(C)Oc1ccc(C(=O)NCC2=CCNCC2)cc1.Cl. The summed E-state index contributed by atoms with van der Waals surface area (Å²) in [6, 6.07) is 7.32. The number of ether oxygens (including phenoxy) is 1. The summed E-state index contributed by atoms with van der Waals surface area (Å²) in [5, 5.41) is 6.22. The van der Waals surface area contributed by atoms with Gasteiger partial charge < -0.3 is 15.4 Å². The van der Waals surface area contributed by atoms with Gasteiger partial charge >= 0.3 is 0 Å². The number of carbonyl (C=O) groups is 1. The number of carbonyl (C=O) groups excluding carboxylic acids is 1. The van der Waals surface area contributed by atoms with E-state index in [-0.39, 0.29) is 24.4 Å². The van der Waals surface area contributed by atoms with Crippen LogP contribution in [0.3, 0.4) is 0 Å². The van der Waals surface area contributed by atoms with E-state index in [1.54, 1.807) is 0 Å². The van der Waals surface area contributed by atoms with Crippen LogP contribution < -0.4 is 15.4 Å². The minimum Gasteiger partial charge on any atom is -0.491 e. The van der Waals surface area contributed by atoms with Crippen molar-refractivity contribution in [2.24, 2.45) is 0 Å². The fourth-order valence-corrected chi connectivity index (χ4v) is 2.13. The number of amides is 1. The lowest BCUT2D eigenvalue weighted by molar-refractivity contribution is 0.0956. The summed E-state index contributed by atoms with van der Waals surface area (Å²) in [6.45, 7) is 6.64. The molecular weight excluding hydrogens is 300 g/mol. The Morgan fingerprint density at radius 2 is 2.09 bits per heavy atom. The molecule has 0 saturated heterocycles. The number of nitrogens with one attached hydrogen (secondary N) is 2. The second-order valence-electron chi connectivity index (χ2n) is 5.36. The molecule has 1 atom stereocenters. The van der Waals surface area contributed by atoms with Gasteiger partial charge in [-0.3, -0.25) is 4.79 Å². The topological polar surface area (TPSA) is 50.4 Å². The predicted molar refractivity (Wildman–Crippen MR) is 92.0 cm³/mol. The minimum atomic E-state index is -0.0375. The molecule has 0 aliphatic carbocycles. The Balaban J connectivity index is 0.00000242. The van der Waals surface area contributed by atoms with Gasteiger partial charge in [-0.15, -0.1) is 12.4 Å². The van der Waals surface area contributed by atoms with Gasteiger partial charge in [-0.25, -0.2) is 0 Å². The zero-order valence-corrected chi connectivity index (χ0v) is 14.0. The Kier molecular flexibility index (Phi) is 7.99. The number of hydrogen-bond donors (Lipinski definition) is 2. The van der Waals surface area contributed by atoms with Crippen molar-refractivity contribution in [2.75, 3.05) is 19.6 Å². The molecule has 4 nitrogen and oxygen atoms in total. The molecule has 1 amide bonds. The van der Waals surface area contributed by atoms with E-state index >= 15 is 0 Å². The summed E-state index contributed by atoms with van der Waals surface area (Å²) in [6.07, 6.45) is 4.30. The van der Waals surface area contributed by atoms with Gasteiger partial charge in [0.05, 0.1) is 6.10 Å². The molecule has 2 rings (SSSR count). The summed E-state index contributed by atoms with van der Waals surface area (Å²) in [5.74, 6) is 0.770. The molecule has 22 heavy (non-hydrogen) atoms. The van der Waals surface area contributed by atoms with Crippen LogP contribution in [0.15, 0.2) is 35.9 Å². The van der Waals surface area contributed by atoms with Crippen molar-refractivity contribution in [3.8, 4) is 5.75 Å². The standard InChI is InChI=1S/C17H24N2O2.ClH/c1-3-13(2)21-16-6-4-15(5-7-16)17(20)19-12-14-8-10-18-11-9-14;/h4-8,13,18H,3,9-12H2,1-2H3,(H,19,20);1H. The zero-order chi connectivity index (χ0) is 15.1. The van der Waals surface area contributed by atoms with Gasteiger partial charge in [-0.05, 0) is 50.6 Å². The lowest BCUT2D eigenvalue weighted by Crippen LogP contribution is -2.29. The predicted octanol–water partition coefficient (Wildman–Crippen LogP) is 2.94. The van der Waals surface area contributed by atoms with E-state index in [0.29, 0.717) is 12.1 Å². The van der Waals surface area contributed by atoms with Crippen LogP contribution in [0.2, 0.25) is 0 Å². The Morgan fingerprint density at radius 1 is 1.36 bits per heavy atom. The van der Waals surface area contributed by atoms with Crippen LogP contribution in [0.5, 0.6) is 5.75 Å². The zero-order valence-electron chi connectivity index (χ0n) is 13.2. The molecule has 1 aromatic carbocycles. The Morgan fingerprint density at radius 3 is 2.68 bits per heavy atom. The third kappa shape index (κ3) is 5.70. The molecule has 0 saturated carbocycles. The molecule has 5 heteroatoms. The van der Waals surface area contributed by atoms with Gasteiger partial charge in [0.2, 0.25) is 0 Å². The van der Waals surface area contributed by atoms with Crippen molar-refractivity contribution >= 4 is 18.3 Å². The summed E-state index contributed by atoms with van der Waals surface area (Å²) in [4.78, 5) is 12.1. The van der Waals surface area contributed by atoms with E-state index in [1.807, 2.05) is 31.2 Å². The molecular formula is C17H25ClN2O2. The van der Waals surface area contributed by atoms with E-state index in [0.717, 1.165) is 31.7 Å². The van der Waals surface area contributed by atoms with Crippen molar-refractivity contribution in [2.45, 2.75) is 32.8 Å². The Bertz CT molecular complexity index is 500. The second-order valence-corrected chi connectivity index (χ2v) is 5.36. The molecule has 0 spiro atoms. The molecule has 122 valence electrons. The van der Waals surface area contributed by atoms with Crippen LogP contribution in [0.25, 0.3) is 0 Å². The molecule has 1 aliphatic rings. The first-order chi connectivity index (χ1) is 10.2. The first kappa shape index (κ1) is 18.5. The van der Waals surface area contributed by atoms with Crippen molar-refractivity contribution in [1.82, 2.24) is 10.6 Å². The molecule has 0 bridgehead atoms. The van der Waals surface area contributed by atoms with Gasteiger partial charge in [0.25, 0.3) is 5.91 Å². The number of rotatable bonds is 6. The maximum Gasteiger partial charge on any atom is 0.251 e. The van der Waals surface area contributed by atoms with E-state index in [4.69, 9.17) is 4.74 Å².